The number of benzene rings is 1. The van der Waals surface area contributed by atoms with E-state index in [1.54, 1.807) is 7.11 Å². The van der Waals surface area contributed by atoms with E-state index in [2.05, 4.69) is 10.2 Å². The first-order valence-electron chi connectivity index (χ1n) is 8.82. The summed E-state index contributed by atoms with van der Waals surface area (Å²) in [7, 11) is 1.58. The molecule has 2 heterocycles. The van der Waals surface area contributed by atoms with E-state index in [9.17, 15) is 9.59 Å². The Hall–Kier alpha value is -2.32. The maximum Gasteiger partial charge on any atom is 0.410 e. The van der Waals surface area contributed by atoms with Crippen LogP contribution in [0, 0.1) is 0 Å². The molecule has 0 radical (unpaired) electrons. The maximum atomic E-state index is 12.5. The average Bonchev–Trinajstić information content (AvgIpc) is 3.03. The van der Waals surface area contributed by atoms with Crippen LogP contribution in [0.25, 0.3) is 0 Å². The van der Waals surface area contributed by atoms with Crippen molar-refractivity contribution in [2.24, 2.45) is 0 Å². The number of hydrogen-bond donors (Lipinski definition) is 1. The normalized spacial score (nSPS) is 20.7. The molecule has 26 heavy (non-hydrogen) atoms. The second-order valence-corrected chi connectivity index (χ2v) is 6.28. The SMILES string of the molecule is COc1ccccc1CN1C(=O)OC[C@H]1C(=O)NCCN1CCOCC1. The largest absolute Gasteiger partial charge is 0.496 e. The lowest BCUT2D eigenvalue weighted by atomic mass is 10.1. The number of para-hydroxylation sites is 1. The molecule has 2 aliphatic heterocycles. The van der Waals surface area contributed by atoms with Crippen LogP contribution in [-0.2, 0) is 20.8 Å². The molecule has 8 heteroatoms. The fraction of sp³-hybridized carbons (Fsp3) is 0.556. The van der Waals surface area contributed by atoms with Gasteiger partial charge in [-0.2, -0.15) is 0 Å². The molecule has 2 saturated heterocycles. The van der Waals surface area contributed by atoms with Gasteiger partial charge in [-0.15, -0.1) is 0 Å². The number of nitrogens with zero attached hydrogens (tertiary/aromatic N) is 2. The van der Waals surface area contributed by atoms with Gasteiger partial charge in [0.1, 0.15) is 18.4 Å². The van der Waals surface area contributed by atoms with Gasteiger partial charge in [-0.25, -0.2) is 4.79 Å². The van der Waals surface area contributed by atoms with Crippen LogP contribution in [0.3, 0.4) is 0 Å². The van der Waals surface area contributed by atoms with Crippen molar-refractivity contribution in [3.8, 4) is 5.75 Å². The molecule has 0 aliphatic carbocycles. The highest BCUT2D eigenvalue weighted by Gasteiger charge is 2.38. The summed E-state index contributed by atoms with van der Waals surface area (Å²) >= 11 is 0. The van der Waals surface area contributed by atoms with Crippen molar-refractivity contribution in [3.63, 3.8) is 0 Å². The Morgan fingerprint density at radius 2 is 2.08 bits per heavy atom. The molecule has 1 N–H and O–H groups in total. The van der Waals surface area contributed by atoms with Crippen LogP contribution in [0.1, 0.15) is 5.56 Å². The van der Waals surface area contributed by atoms with Gasteiger partial charge >= 0.3 is 6.09 Å². The van der Waals surface area contributed by atoms with E-state index < -0.39 is 12.1 Å². The highest BCUT2D eigenvalue weighted by molar-refractivity contribution is 5.87. The van der Waals surface area contributed by atoms with E-state index in [1.807, 2.05) is 24.3 Å². The van der Waals surface area contributed by atoms with Crippen LogP contribution in [-0.4, -0.2) is 81.0 Å². The van der Waals surface area contributed by atoms with Gasteiger partial charge in [0.2, 0.25) is 5.91 Å². The number of carbonyl (C=O) groups is 2. The van der Waals surface area contributed by atoms with Gasteiger partial charge in [0.15, 0.2) is 0 Å². The van der Waals surface area contributed by atoms with Gasteiger partial charge in [-0.3, -0.25) is 14.6 Å². The summed E-state index contributed by atoms with van der Waals surface area (Å²) < 4.78 is 15.7. The van der Waals surface area contributed by atoms with Crippen molar-refractivity contribution in [1.82, 2.24) is 15.1 Å². The zero-order valence-corrected chi connectivity index (χ0v) is 15.0. The van der Waals surface area contributed by atoms with Crippen molar-refractivity contribution >= 4 is 12.0 Å². The number of amides is 2. The van der Waals surface area contributed by atoms with E-state index in [-0.39, 0.29) is 19.1 Å². The zero-order valence-electron chi connectivity index (χ0n) is 15.0. The Morgan fingerprint density at radius 1 is 1.31 bits per heavy atom. The number of morpholine rings is 1. The summed E-state index contributed by atoms with van der Waals surface area (Å²) in [6, 6.07) is 6.81. The van der Waals surface area contributed by atoms with Gasteiger partial charge in [0.05, 0.1) is 26.9 Å². The topological polar surface area (TPSA) is 80.3 Å². The predicted molar refractivity (Wildman–Crippen MR) is 93.9 cm³/mol. The Bertz CT molecular complexity index is 633. The van der Waals surface area contributed by atoms with Crippen LogP contribution in [0.4, 0.5) is 4.79 Å². The highest BCUT2D eigenvalue weighted by Crippen LogP contribution is 2.23. The number of rotatable bonds is 7. The number of nitrogens with one attached hydrogen (secondary N) is 1. The number of cyclic esters (lactones) is 1. The van der Waals surface area contributed by atoms with Crippen LogP contribution in [0.5, 0.6) is 5.75 Å². The first-order valence-corrected chi connectivity index (χ1v) is 8.82. The minimum atomic E-state index is -0.628. The summed E-state index contributed by atoms with van der Waals surface area (Å²) in [6.45, 7) is 4.84. The molecule has 0 aromatic heterocycles. The van der Waals surface area contributed by atoms with Crippen molar-refractivity contribution in [3.05, 3.63) is 29.8 Å². The number of methoxy groups -OCH3 is 1. The van der Waals surface area contributed by atoms with E-state index in [0.29, 0.717) is 12.3 Å². The third-order valence-corrected chi connectivity index (χ3v) is 4.64. The Labute approximate surface area is 153 Å². The number of ether oxygens (including phenoxy) is 3. The predicted octanol–water partition coefficient (Wildman–Crippen LogP) is 0.464. The molecule has 3 rings (SSSR count). The van der Waals surface area contributed by atoms with Crippen molar-refractivity contribution in [2.45, 2.75) is 12.6 Å². The third kappa shape index (κ3) is 4.44. The standard InChI is InChI=1S/C18H25N3O5/c1-24-16-5-3-2-4-14(16)12-21-15(13-26-18(21)23)17(22)19-6-7-20-8-10-25-11-9-20/h2-5,15H,6-13H2,1H3,(H,19,22)/t15-/m0/s1. The monoisotopic (exact) mass is 363 g/mol. The van der Waals surface area contributed by atoms with E-state index >= 15 is 0 Å². The Morgan fingerprint density at radius 3 is 2.85 bits per heavy atom. The van der Waals surface area contributed by atoms with Crippen LogP contribution < -0.4 is 10.1 Å². The lowest BCUT2D eigenvalue weighted by Gasteiger charge is -2.27. The van der Waals surface area contributed by atoms with Crippen LogP contribution in [0.15, 0.2) is 24.3 Å². The minimum absolute atomic E-state index is 0.0668. The summed E-state index contributed by atoms with van der Waals surface area (Å²) in [4.78, 5) is 28.3. The summed E-state index contributed by atoms with van der Waals surface area (Å²) in [6.07, 6.45) is -0.482. The molecule has 0 saturated carbocycles. The molecule has 0 spiro atoms. The van der Waals surface area contributed by atoms with Gasteiger partial charge in [0.25, 0.3) is 0 Å². The molecule has 8 nitrogen and oxygen atoms in total. The second kappa shape index (κ2) is 8.86. The summed E-state index contributed by atoms with van der Waals surface area (Å²) in [5.74, 6) is 0.484. The summed E-state index contributed by atoms with van der Waals surface area (Å²) in [5, 5.41) is 2.91. The fourth-order valence-corrected chi connectivity index (χ4v) is 3.14. The average molecular weight is 363 g/mol. The molecule has 2 fully saturated rings. The van der Waals surface area contributed by atoms with Crippen molar-refractivity contribution < 1.29 is 23.8 Å². The number of carbonyl (C=O) groups excluding carboxylic acids is 2. The lowest BCUT2D eigenvalue weighted by Crippen LogP contribution is -2.48. The molecule has 142 valence electrons. The smallest absolute Gasteiger partial charge is 0.410 e. The zero-order chi connectivity index (χ0) is 18.4. The second-order valence-electron chi connectivity index (χ2n) is 6.28. The third-order valence-electron chi connectivity index (χ3n) is 4.64. The van der Waals surface area contributed by atoms with Gasteiger partial charge < -0.3 is 19.5 Å². The van der Waals surface area contributed by atoms with E-state index in [1.165, 1.54) is 4.90 Å². The molecular weight excluding hydrogens is 338 g/mol. The van der Waals surface area contributed by atoms with Crippen molar-refractivity contribution in [1.29, 1.82) is 0 Å². The lowest BCUT2D eigenvalue weighted by molar-refractivity contribution is -0.125. The molecular formula is C18H25N3O5. The van der Waals surface area contributed by atoms with Gasteiger partial charge in [0, 0.05) is 31.7 Å². The quantitative estimate of drug-likeness (QED) is 0.758. The van der Waals surface area contributed by atoms with Gasteiger partial charge in [-0.1, -0.05) is 18.2 Å². The molecule has 0 unspecified atom stereocenters. The van der Waals surface area contributed by atoms with E-state index in [0.717, 1.165) is 38.4 Å². The molecule has 0 bridgehead atoms. The highest BCUT2D eigenvalue weighted by atomic mass is 16.6. The fourth-order valence-electron chi connectivity index (χ4n) is 3.14. The molecule has 2 amide bonds. The molecule has 1 aromatic carbocycles. The molecule has 2 aliphatic rings. The van der Waals surface area contributed by atoms with Gasteiger partial charge in [-0.05, 0) is 6.07 Å². The Kier molecular flexibility index (Phi) is 6.30. The van der Waals surface area contributed by atoms with E-state index in [4.69, 9.17) is 14.2 Å². The molecule has 1 atom stereocenters. The van der Waals surface area contributed by atoms with Crippen LogP contribution >= 0.6 is 0 Å². The van der Waals surface area contributed by atoms with Crippen molar-refractivity contribution in [2.75, 3.05) is 53.1 Å². The Balaban J connectivity index is 1.55. The minimum Gasteiger partial charge on any atom is -0.496 e. The van der Waals surface area contributed by atoms with Crippen LogP contribution in [0.2, 0.25) is 0 Å². The summed E-state index contributed by atoms with van der Waals surface area (Å²) in [5.41, 5.74) is 0.833. The first-order chi connectivity index (χ1) is 12.7. The number of hydrogen-bond acceptors (Lipinski definition) is 6. The maximum absolute atomic E-state index is 12.5. The molecule has 1 aromatic rings. The first kappa shape index (κ1) is 18.5.